The molecule has 1 nitrogen and oxygen atoms in total. The van der Waals surface area contributed by atoms with Crippen molar-refractivity contribution in [1.82, 2.24) is 0 Å². The van der Waals surface area contributed by atoms with Gasteiger partial charge in [-0.05, 0) is 23.1 Å². The smallest absolute Gasteiger partial charge is 0.182 e. The van der Waals surface area contributed by atoms with Crippen LogP contribution in [0.3, 0.4) is 0 Å². The van der Waals surface area contributed by atoms with E-state index in [1.54, 1.807) is 0 Å². The van der Waals surface area contributed by atoms with Gasteiger partial charge in [-0.3, -0.25) is 4.79 Å². The molecule has 2 heteroatoms. The molecular weight excluding hydrogens is 347 g/mol. The van der Waals surface area contributed by atoms with Gasteiger partial charge in [0.15, 0.2) is 5.78 Å². The Morgan fingerprint density at radius 1 is 0.778 bits per heavy atom. The van der Waals surface area contributed by atoms with Crippen LogP contribution in [-0.2, 0) is 10.2 Å². The molecule has 0 atom stereocenters. The minimum atomic E-state index is -0.703. The molecule has 0 aliphatic rings. The average molecular weight is 372 g/mol. The molecule has 0 radical (unpaired) electrons. The van der Waals surface area contributed by atoms with Gasteiger partial charge in [0.05, 0.1) is 5.41 Å². The Hall–Kier alpha value is -2.50. The van der Waals surface area contributed by atoms with E-state index in [-0.39, 0.29) is 5.78 Å². The van der Waals surface area contributed by atoms with Crippen LogP contribution in [0.1, 0.15) is 42.9 Å². The SMILES string of the molecule is CCCCC(C(=O)C(=P)c1ccccc1)(c1ccccc1)c1ccccc1. The fourth-order valence-electron chi connectivity index (χ4n) is 3.67. The first kappa shape index (κ1) is 19.3. The number of rotatable bonds is 8. The zero-order chi connectivity index (χ0) is 19.1. The second-order valence-corrected chi connectivity index (χ2v) is 7.31. The first-order valence-corrected chi connectivity index (χ1v) is 10.00. The Morgan fingerprint density at radius 3 is 1.67 bits per heavy atom. The zero-order valence-corrected chi connectivity index (χ0v) is 16.7. The highest BCUT2D eigenvalue weighted by atomic mass is 31.0. The number of ketones is 1. The molecule has 0 spiro atoms. The van der Waals surface area contributed by atoms with Crippen molar-refractivity contribution in [3.05, 3.63) is 108 Å². The van der Waals surface area contributed by atoms with Crippen LogP contribution in [0, 0.1) is 0 Å². The van der Waals surface area contributed by atoms with E-state index < -0.39 is 5.41 Å². The van der Waals surface area contributed by atoms with Crippen molar-refractivity contribution >= 4 is 19.9 Å². The van der Waals surface area contributed by atoms with E-state index in [9.17, 15) is 4.79 Å². The summed E-state index contributed by atoms with van der Waals surface area (Å²) in [6.45, 7) is 2.17. The number of unbranched alkanes of at least 4 members (excludes halogenated alkanes) is 1. The van der Waals surface area contributed by atoms with Crippen molar-refractivity contribution in [2.75, 3.05) is 0 Å². The Bertz CT molecular complexity index is 846. The van der Waals surface area contributed by atoms with Crippen LogP contribution in [0.4, 0.5) is 0 Å². The van der Waals surface area contributed by atoms with Crippen LogP contribution in [0.15, 0.2) is 91.0 Å². The van der Waals surface area contributed by atoms with Gasteiger partial charge in [-0.2, -0.15) is 0 Å². The number of benzene rings is 3. The molecule has 0 aliphatic heterocycles. The first-order valence-electron chi connectivity index (χ1n) is 9.50. The third kappa shape index (κ3) is 3.94. The third-order valence-corrected chi connectivity index (χ3v) is 5.63. The lowest BCUT2D eigenvalue weighted by molar-refractivity contribution is -0.116. The number of Topliss-reactive ketones (excluding diaryl/α,β-unsaturated/α-hetero) is 1. The molecule has 0 saturated heterocycles. The van der Waals surface area contributed by atoms with Crippen LogP contribution in [-0.4, -0.2) is 11.1 Å². The van der Waals surface area contributed by atoms with Crippen LogP contribution in [0.2, 0.25) is 0 Å². The van der Waals surface area contributed by atoms with Gasteiger partial charge in [0.25, 0.3) is 0 Å². The van der Waals surface area contributed by atoms with Crippen LogP contribution < -0.4 is 0 Å². The maximum absolute atomic E-state index is 14.0. The minimum Gasteiger partial charge on any atom is -0.292 e. The number of carbonyl (C=O) groups excluding carboxylic acids is 1. The number of hydrogen-bond donors (Lipinski definition) is 0. The molecular formula is C25H25OP. The van der Waals surface area contributed by atoms with Gasteiger partial charge in [0, 0.05) is 5.29 Å². The summed E-state index contributed by atoms with van der Waals surface area (Å²) in [7, 11) is 3.70. The normalized spacial score (nSPS) is 11.1. The summed E-state index contributed by atoms with van der Waals surface area (Å²) >= 11 is 0. The fraction of sp³-hybridized carbons (Fsp3) is 0.200. The summed E-state index contributed by atoms with van der Waals surface area (Å²) in [5, 5.41) is 0.624. The summed E-state index contributed by atoms with van der Waals surface area (Å²) < 4.78 is 0. The van der Waals surface area contributed by atoms with E-state index in [2.05, 4.69) is 40.1 Å². The summed E-state index contributed by atoms with van der Waals surface area (Å²) in [6, 6.07) is 30.2. The molecule has 3 aromatic carbocycles. The Kier molecular flexibility index (Phi) is 6.37. The monoisotopic (exact) mass is 372 g/mol. The largest absolute Gasteiger partial charge is 0.292 e. The van der Waals surface area contributed by atoms with Gasteiger partial charge < -0.3 is 0 Å². The molecule has 27 heavy (non-hydrogen) atoms. The van der Waals surface area contributed by atoms with Gasteiger partial charge in [-0.25, -0.2) is 0 Å². The van der Waals surface area contributed by atoms with E-state index >= 15 is 0 Å². The van der Waals surface area contributed by atoms with Gasteiger partial charge in [-0.1, -0.05) is 111 Å². The zero-order valence-electron chi connectivity index (χ0n) is 15.7. The molecule has 0 saturated carbocycles. The van der Waals surface area contributed by atoms with Crippen molar-refractivity contribution in [3.63, 3.8) is 0 Å². The Labute approximate surface area is 164 Å². The van der Waals surface area contributed by atoms with Crippen LogP contribution >= 0.6 is 8.86 Å². The van der Waals surface area contributed by atoms with Crippen molar-refractivity contribution in [3.8, 4) is 0 Å². The van der Waals surface area contributed by atoms with Gasteiger partial charge >= 0.3 is 0 Å². The predicted octanol–water partition coefficient (Wildman–Crippen LogP) is 6.10. The van der Waals surface area contributed by atoms with Crippen molar-refractivity contribution in [1.29, 1.82) is 0 Å². The predicted molar refractivity (Wildman–Crippen MR) is 117 cm³/mol. The molecule has 0 fully saturated rings. The second-order valence-electron chi connectivity index (χ2n) is 6.81. The number of carbonyl (C=O) groups is 1. The van der Waals surface area contributed by atoms with Crippen molar-refractivity contribution < 1.29 is 4.79 Å². The highest BCUT2D eigenvalue weighted by Crippen LogP contribution is 2.39. The van der Waals surface area contributed by atoms with E-state index in [0.717, 1.165) is 36.0 Å². The number of hydrogen-bond acceptors (Lipinski definition) is 1. The van der Waals surface area contributed by atoms with Gasteiger partial charge in [0.2, 0.25) is 0 Å². The quantitative estimate of drug-likeness (QED) is 0.437. The molecule has 0 aliphatic carbocycles. The van der Waals surface area contributed by atoms with E-state index in [0.29, 0.717) is 5.29 Å². The van der Waals surface area contributed by atoms with E-state index in [1.165, 1.54) is 0 Å². The molecule has 0 bridgehead atoms. The van der Waals surface area contributed by atoms with Gasteiger partial charge in [0.1, 0.15) is 0 Å². The molecule has 0 amide bonds. The topological polar surface area (TPSA) is 17.1 Å². The first-order chi connectivity index (χ1) is 13.2. The van der Waals surface area contributed by atoms with E-state index in [1.807, 2.05) is 66.7 Å². The molecule has 0 N–H and O–H groups in total. The minimum absolute atomic E-state index is 0.108. The molecule has 0 unspecified atom stereocenters. The summed E-state index contributed by atoms with van der Waals surface area (Å²) in [4.78, 5) is 14.0. The Morgan fingerprint density at radius 2 is 1.22 bits per heavy atom. The third-order valence-electron chi connectivity index (χ3n) is 5.12. The highest BCUT2D eigenvalue weighted by Gasteiger charge is 2.42. The van der Waals surface area contributed by atoms with Gasteiger partial charge in [-0.15, -0.1) is 8.86 Å². The Balaban J connectivity index is 2.19. The molecule has 3 rings (SSSR count). The molecule has 136 valence electrons. The lowest BCUT2D eigenvalue weighted by Crippen LogP contribution is -2.41. The lowest BCUT2D eigenvalue weighted by atomic mass is 9.67. The second kappa shape index (κ2) is 8.93. The fourth-order valence-corrected chi connectivity index (χ4v) is 4.05. The lowest BCUT2D eigenvalue weighted by Gasteiger charge is -2.34. The standard InChI is InChI=1S/C25H25OP/c1-2-3-19-25(21-15-9-5-10-16-21,22-17-11-6-12-18-22)24(26)23(27)20-13-7-4-8-14-20/h4-18,27H,2-3,19H2,1H3. The summed E-state index contributed by atoms with van der Waals surface area (Å²) in [6.07, 6.45) is 2.79. The van der Waals surface area contributed by atoms with Crippen molar-refractivity contribution in [2.24, 2.45) is 0 Å². The van der Waals surface area contributed by atoms with Crippen LogP contribution in [0.5, 0.6) is 0 Å². The molecule has 0 aromatic heterocycles. The molecule has 0 heterocycles. The van der Waals surface area contributed by atoms with Crippen LogP contribution in [0.25, 0.3) is 0 Å². The summed E-state index contributed by atoms with van der Waals surface area (Å²) in [5.41, 5.74) is 2.29. The maximum Gasteiger partial charge on any atom is 0.182 e. The highest BCUT2D eigenvalue weighted by molar-refractivity contribution is 7.27. The molecule has 3 aromatic rings. The van der Waals surface area contributed by atoms with Crippen molar-refractivity contribution in [2.45, 2.75) is 31.6 Å². The summed E-state index contributed by atoms with van der Waals surface area (Å²) in [5.74, 6) is 0.108. The average Bonchev–Trinajstić information content (AvgIpc) is 2.75. The maximum atomic E-state index is 14.0. The van der Waals surface area contributed by atoms with E-state index in [4.69, 9.17) is 0 Å².